The van der Waals surface area contributed by atoms with Crippen molar-refractivity contribution in [2.45, 2.75) is 13.3 Å². The van der Waals surface area contributed by atoms with Gasteiger partial charge in [-0.1, -0.05) is 6.07 Å². The highest BCUT2D eigenvalue weighted by atomic mass is 79.9. The summed E-state index contributed by atoms with van der Waals surface area (Å²) in [5.41, 5.74) is 0.935. The van der Waals surface area contributed by atoms with E-state index in [1.54, 1.807) is 13.0 Å². The molecule has 0 atom stereocenters. The lowest BCUT2D eigenvalue weighted by Crippen LogP contribution is -1.92. The Kier molecular flexibility index (Phi) is 2.89. The van der Waals surface area contributed by atoms with Crippen molar-refractivity contribution in [2.24, 2.45) is 0 Å². The zero-order valence-corrected chi connectivity index (χ0v) is 8.52. The first-order valence-corrected chi connectivity index (χ1v) is 4.40. The molecule has 1 N–H and O–H groups in total. The molecule has 0 radical (unpaired) electrons. The standard InChI is InChI=1S/C9H7BrFNO/c1-5-4-6(2-3-12)8(11)9(13)7(5)10/h4,13H,2H2,1H3. The van der Waals surface area contributed by atoms with Crippen molar-refractivity contribution >= 4 is 15.9 Å². The van der Waals surface area contributed by atoms with Gasteiger partial charge >= 0.3 is 0 Å². The van der Waals surface area contributed by atoms with Crippen LogP contribution in [-0.4, -0.2) is 5.11 Å². The van der Waals surface area contributed by atoms with E-state index < -0.39 is 11.6 Å². The molecular weight excluding hydrogens is 237 g/mol. The Bertz CT molecular complexity index is 384. The number of nitrogens with zero attached hydrogens (tertiary/aromatic N) is 1. The molecule has 0 saturated carbocycles. The van der Waals surface area contributed by atoms with E-state index in [4.69, 9.17) is 5.26 Å². The maximum atomic E-state index is 13.2. The second-order valence-electron chi connectivity index (χ2n) is 2.66. The van der Waals surface area contributed by atoms with Crippen molar-refractivity contribution < 1.29 is 9.50 Å². The molecule has 0 amide bonds. The topological polar surface area (TPSA) is 44.0 Å². The lowest BCUT2D eigenvalue weighted by atomic mass is 10.1. The van der Waals surface area contributed by atoms with Crippen LogP contribution in [0, 0.1) is 24.1 Å². The average molecular weight is 244 g/mol. The van der Waals surface area contributed by atoms with Gasteiger partial charge in [0, 0.05) is 5.56 Å². The average Bonchev–Trinajstić information content (AvgIpc) is 2.11. The molecule has 0 unspecified atom stereocenters. The lowest BCUT2D eigenvalue weighted by Gasteiger charge is -2.06. The van der Waals surface area contributed by atoms with Crippen LogP contribution in [0.1, 0.15) is 11.1 Å². The minimum absolute atomic E-state index is 0.0342. The highest BCUT2D eigenvalue weighted by Gasteiger charge is 2.13. The molecule has 0 fully saturated rings. The van der Waals surface area contributed by atoms with Crippen LogP contribution in [0.5, 0.6) is 5.75 Å². The summed E-state index contributed by atoms with van der Waals surface area (Å²) in [6.07, 6.45) is -0.0342. The Balaban J connectivity index is 3.34. The highest BCUT2D eigenvalue weighted by Crippen LogP contribution is 2.32. The van der Waals surface area contributed by atoms with Crippen molar-refractivity contribution in [2.75, 3.05) is 0 Å². The van der Waals surface area contributed by atoms with E-state index >= 15 is 0 Å². The number of halogens is 2. The molecule has 0 aliphatic carbocycles. The molecule has 2 nitrogen and oxygen atoms in total. The summed E-state index contributed by atoms with van der Waals surface area (Å²) in [7, 11) is 0. The third-order valence-corrected chi connectivity index (χ3v) is 2.71. The van der Waals surface area contributed by atoms with E-state index in [9.17, 15) is 9.50 Å². The van der Waals surface area contributed by atoms with Crippen LogP contribution in [0.4, 0.5) is 4.39 Å². The second kappa shape index (κ2) is 3.75. The molecule has 0 saturated heterocycles. The fraction of sp³-hybridized carbons (Fsp3) is 0.222. The Morgan fingerprint density at radius 1 is 1.69 bits per heavy atom. The summed E-state index contributed by atoms with van der Waals surface area (Å²) in [4.78, 5) is 0. The number of nitriles is 1. The first-order chi connectivity index (χ1) is 6.07. The van der Waals surface area contributed by atoms with Gasteiger partial charge in [0.15, 0.2) is 11.6 Å². The summed E-state index contributed by atoms with van der Waals surface area (Å²) in [5, 5.41) is 17.6. The summed E-state index contributed by atoms with van der Waals surface area (Å²) >= 11 is 3.04. The van der Waals surface area contributed by atoms with E-state index in [2.05, 4.69) is 15.9 Å². The van der Waals surface area contributed by atoms with Gasteiger partial charge in [0.05, 0.1) is 17.0 Å². The van der Waals surface area contributed by atoms with Gasteiger partial charge in [-0.15, -0.1) is 0 Å². The Hall–Kier alpha value is -1.08. The first-order valence-electron chi connectivity index (χ1n) is 3.61. The number of hydrogen-bond donors (Lipinski definition) is 1. The fourth-order valence-electron chi connectivity index (χ4n) is 1.04. The fourth-order valence-corrected chi connectivity index (χ4v) is 1.33. The van der Waals surface area contributed by atoms with Gasteiger partial charge < -0.3 is 5.11 Å². The predicted octanol–water partition coefficient (Wildman–Crippen LogP) is 2.67. The maximum absolute atomic E-state index is 13.2. The minimum Gasteiger partial charge on any atom is -0.504 e. The summed E-state index contributed by atoms with van der Waals surface area (Å²) in [6, 6.07) is 3.38. The molecule has 1 aromatic rings. The van der Waals surface area contributed by atoms with Gasteiger partial charge in [-0.05, 0) is 28.4 Å². The van der Waals surface area contributed by atoms with Gasteiger partial charge in [-0.25, -0.2) is 4.39 Å². The molecule has 4 heteroatoms. The summed E-state index contributed by atoms with van der Waals surface area (Å²) in [5.74, 6) is -1.15. The molecule has 1 rings (SSSR count). The van der Waals surface area contributed by atoms with Crippen LogP contribution in [0.15, 0.2) is 10.5 Å². The zero-order chi connectivity index (χ0) is 10.0. The SMILES string of the molecule is Cc1cc(CC#N)c(F)c(O)c1Br. The number of phenols is 1. The highest BCUT2D eigenvalue weighted by molar-refractivity contribution is 9.10. The first kappa shape index (κ1) is 10.0. The van der Waals surface area contributed by atoms with Gasteiger partial charge in [-0.2, -0.15) is 5.26 Å². The van der Waals surface area contributed by atoms with Crippen molar-refractivity contribution in [3.05, 3.63) is 27.5 Å². The Labute approximate surface area is 83.7 Å². The van der Waals surface area contributed by atoms with Crippen LogP contribution in [0.3, 0.4) is 0 Å². The number of rotatable bonds is 1. The summed E-state index contributed by atoms with van der Waals surface area (Å²) < 4.78 is 13.5. The molecule has 0 spiro atoms. The normalized spacial score (nSPS) is 9.69. The van der Waals surface area contributed by atoms with Gasteiger partial charge in [0.1, 0.15) is 0 Å². The quantitative estimate of drug-likeness (QED) is 0.825. The molecule has 68 valence electrons. The van der Waals surface area contributed by atoms with Crippen molar-refractivity contribution in [3.8, 4) is 11.8 Å². The molecule has 1 aromatic carbocycles. The maximum Gasteiger partial charge on any atom is 0.170 e. The van der Waals surface area contributed by atoms with E-state index in [1.165, 1.54) is 0 Å². The van der Waals surface area contributed by atoms with E-state index in [1.807, 2.05) is 6.07 Å². The van der Waals surface area contributed by atoms with E-state index in [0.717, 1.165) is 0 Å². The summed E-state index contributed by atoms with van der Waals surface area (Å²) in [6.45, 7) is 1.73. The molecule has 0 aromatic heterocycles. The van der Waals surface area contributed by atoms with Gasteiger partial charge in [-0.3, -0.25) is 0 Å². The number of phenolic OH excluding ortho intramolecular Hbond substituents is 1. The molecular formula is C9H7BrFNO. The molecule has 0 heterocycles. The Morgan fingerprint density at radius 3 is 2.85 bits per heavy atom. The van der Waals surface area contributed by atoms with Crippen LogP contribution < -0.4 is 0 Å². The van der Waals surface area contributed by atoms with Crippen LogP contribution in [-0.2, 0) is 6.42 Å². The molecule has 0 aliphatic rings. The van der Waals surface area contributed by atoms with E-state index in [0.29, 0.717) is 10.0 Å². The molecule has 0 bridgehead atoms. The van der Waals surface area contributed by atoms with Crippen LogP contribution in [0.25, 0.3) is 0 Å². The smallest absolute Gasteiger partial charge is 0.170 e. The largest absolute Gasteiger partial charge is 0.504 e. The monoisotopic (exact) mass is 243 g/mol. The lowest BCUT2D eigenvalue weighted by molar-refractivity contribution is 0.425. The third-order valence-electron chi connectivity index (χ3n) is 1.70. The van der Waals surface area contributed by atoms with Crippen LogP contribution >= 0.6 is 15.9 Å². The number of hydrogen-bond acceptors (Lipinski definition) is 2. The second-order valence-corrected chi connectivity index (χ2v) is 3.46. The van der Waals surface area contributed by atoms with Crippen molar-refractivity contribution in [1.29, 1.82) is 5.26 Å². The predicted molar refractivity (Wildman–Crippen MR) is 49.8 cm³/mol. The van der Waals surface area contributed by atoms with Gasteiger partial charge in [0.25, 0.3) is 0 Å². The number of aromatic hydroxyl groups is 1. The third kappa shape index (κ3) is 1.81. The van der Waals surface area contributed by atoms with Crippen molar-refractivity contribution in [3.63, 3.8) is 0 Å². The van der Waals surface area contributed by atoms with Crippen LogP contribution in [0.2, 0.25) is 0 Å². The zero-order valence-electron chi connectivity index (χ0n) is 6.93. The molecule has 13 heavy (non-hydrogen) atoms. The number of aryl methyl sites for hydroxylation is 1. The molecule has 0 aliphatic heterocycles. The minimum atomic E-state index is -0.723. The Morgan fingerprint density at radius 2 is 2.31 bits per heavy atom. The number of benzene rings is 1. The van der Waals surface area contributed by atoms with E-state index in [-0.39, 0.29) is 12.0 Å². The van der Waals surface area contributed by atoms with Gasteiger partial charge in [0.2, 0.25) is 0 Å². The van der Waals surface area contributed by atoms with Crippen molar-refractivity contribution in [1.82, 2.24) is 0 Å².